The Bertz CT molecular complexity index is 499. The van der Waals surface area contributed by atoms with E-state index in [2.05, 4.69) is 53.5 Å². The van der Waals surface area contributed by atoms with Gasteiger partial charge in [0, 0.05) is 4.88 Å². The lowest BCUT2D eigenvalue weighted by Crippen LogP contribution is -2.41. The minimum Gasteiger partial charge on any atom is -0.303 e. The van der Waals surface area contributed by atoms with Gasteiger partial charge in [-0.25, -0.2) is 10.4 Å². The smallest absolute Gasteiger partial charge is 0.161 e. The summed E-state index contributed by atoms with van der Waals surface area (Å²) in [5.41, 5.74) is 7.43. The van der Waals surface area contributed by atoms with Gasteiger partial charge in [-0.15, -0.1) is 11.3 Å². The molecule has 17 heavy (non-hydrogen) atoms. The molecule has 0 amide bonds. The molecule has 1 unspecified atom stereocenters. The summed E-state index contributed by atoms with van der Waals surface area (Å²) in [6.07, 6.45) is 8.58. The molecule has 0 radical (unpaired) electrons. The zero-order valence-electron chi connectivity index (χ0n) is 9.73. The van der Waals surface area contributed by atoms with Gasteiger partial charge in [0.2, 0.25) is 0 Å². The van der Waals surface area contributed by atoms with Crippen LogP contribution < -0.4 is 10.9 Å². The molecule has 0 aromatic carbocycles. The van der Waals surface area contributed by atoms with Gasteiger partial charge < -0.3 is 5.43 Å². The monoisotopic (exact) mass is 245 g/mol. The molecule has 0 saturated carbocycles. The maximum atomic E-state index is 4.79. The van der Waals surface area contributed by atoms with Gasteiger partial charge in [0.25, 0.3) is 0 Å². The summed E-state index contributed by atoms with van der Waals surface area (Å²) in [5, 5.41) is 2.08. The standard InChI is InChI=1S/C13H15N3S/c1-13(11-8-5-9-17-11)14-12(15-16-13)10-6-3-2-4-7-10/h2-3,5-6,8-9,16H,4,7H2,1H3,(H,14,15). The minimum atomic E-state index is -0.328. The first-order valence-corrected chi connectivity index (χ1v) is 6.69. The largest absolute Gasteiger partial charge is 0.303 e. The molecular weight excluding hydrogens is 230 g/mol. The second-order valence-corrected chi connectivity index (χ2v) is 5.37. The lowest BCUT2D eigenvalue weighted by atomic mass is 10.0. The first-order chi connectivity index (χ1) is 8.28. The van der Waals surface area contributed by atoms with Gasteiger partial charge in [0.15, 0.2) is 5.66 Å². The highest BCUT2D eigenvalue weighted by Crippen LogP contribution is 2.30. The van der Waals surface area contributed by atoms with Crippen LogP contribution in [0, 0.1) is 0 Å². The molecular formula is C13H15N3S. The number of hydrogen-bond donors (Lipinski definition) is 2. The van der Waals surface area contributed by atoms with Crippen LogP contribution in [-0.2, 0) is 5.66 Å². The molecule has 2 heterocycles. The molecule has 1 aliphatic carbocycles. The zero-order chi connectivity index (χ0) is 11.7. The van der Waals surface area contributed by atoms with Crippen molar-refractivity contribution < 1.29 is 0 Å². The maximum absolute atomic E-state index is 4.79. The Morgan fingerprint density at radius 3 is 3.12 bits per heavy atom. The van der Waals surface area contributed by atoms with Crippen LogP contribution >= 0.6 is 11.3 Å². The highest BCUT2D eigenvalue weighted by Gasteiger charge is 2.33. The fourth-order valence-corrected chi connectivity index (χ4v) is 2.87. The number of hydrogen-bond acceptors (Lipinski definition) is 4. The van der Waals surface area contributed by atoms with Crippen molar-refractivity contribution in [3.8, 4) is 0 Å². The van der Waals surface area contributed by atoms with Gasteiger partial charge in [-0.05, 0) is 36.8 Å². The van der Waals surface area contributed by atoms with Crippen LogP contribution in [0.25, 0.3) is 0 Å². The first kappa shape index (κ1) is 10.7. The molecule has 2 N–H and O–H groups in total. The van der Waals surface area contributed by atoms with Gasteiger partial charge in [0.1, 0.15) is 5.84 Å². The van der Waals surface area contributed by atoms with Gasteiger partial charge in [-0.1, -0.05) is 24.3 Å². The van der Waals surface area contributed by atoms with Crippen LogP contribution in [-0.4, -0.2) is 5.84 Å². The number of allylic oxidation sites excluding steroid dienone is 3. The van der Waals surface area contributed by atoms with E-state index in [1.165, 1.54) is 10.5 Å². The van der Waals surface area contributed by atoms with E-state index in [4.69, 9.17) is 4.99 Å². The van der Waals surface area contributed by atoms with Crippen molar-refractivity contribution in [2.24, 2.45) is 4.99 Å². The number of hydrazine groups is 1. The molecule has 1 atom stereocenters. The molecule has 3 nitrogen and oxygen atoms in total. The highest BCUT2D eigenvalue weighted by atomic mass is 32.1. The number of thiophene rings is 1. The third-order valence-corrected chi connectivity index (χ3v) is 4.16. The zero-order valence-corrected chi connectivity index (χ0v) is 10.6. The molecule has 2 aliphatic rings. The van der Waals surface area contributed by atoms with Crippen LogP contribution in [0.2, 0.25) is 0 Å². The van der Waals surface area contributed by atoms with Crippen LogP contribution in [0.4, 0.5) is 0 Å². The molecule has 1 aromatic rings. The Kier molecular flexibility index (Phi) is 2.61. The van der Waals surface area contributed by atoms with E-state index in [1.807, 2.05) is 0 Å². The van der Waals surface area contributed by atoms with E-state index < -0.39 is 0 Å². The molecule has 0 saturated heterocycles. The van der Waals surface area contributed by atoms with Crippen LogP contribution in [0.5, 0.6) is 0 Å². The molecule has 3 rings (SSSR count). The average molecular weight is 245 g/mol. The van der Waals surface area contributed by atoms with Crippen molar-refractivity contribution in [3.05, 3.63) is 46.2 Å². The summed E-state index contributed by atoms with van der Waals surface area (Å²) < 4.78 is 0. The van der Waals surface area contributed by atoms with Crippen molar-refractivity contribution in [2.75, 3.05) is 0 Å². The second kappa shape index (κ2) is 4.13. The number of nitrogens with zero attached hydrogens (tertiary/aromatic N) is 1. The fourth-order valence-electron chi connectivity index (χ4n) is 2.08. The summed E-state index contributed by atoms with van der Waals surface area (Å²) in [4.78, 5) is 6.02. The summed E-state index contributed by atoms with van der Waals surface area (Å²) in [6, 6.07) is 4.17. The van der Waals surface area contributed by atoms with E-state index >= 15 is 0 Å². The maximum Gasteiger partial charge on any atom is 0.161 e. The lowest BCUT2D eigenvalue weighted by Gasteiger charge is -2.18. The SMILES string of the molecule is CC1(c2cccs2)N=C(C2=CC=CCC2)NN1. The number of aliphatic imine (C=N–C) groups is 1. The quantitative estimate of drug-likeness (QED) is 0.840. The Labute approximate surface area is 105 Å². The normalized spacial score (nSPS) is 27.6. The third kappa shape index (κ3) is 1.94. The highest BCUT2D eigenvalue weighted by molar-refractivity contribution is 7.10. The Morgan fingerprint density at radius 2 is 2.41 bits per heavy atom. The van der Waals surface area contributed by atoms with Crippen molar-refractivity contribution in [3.63, 3.8) is 0 Å². The predicted octanol–water partition coefficient (Wildman–Crippen LogP) is 2.70. The Hall–Kier alpha value is -1.39. The van der Waals surface area contributed by atoms with E-state index in [9.17, 15) is 0 Å². The van der Waals surface area contributed by atoms with Gasteiger partial charge >= 0.3 is 0 Å². The second-order valence-electron chi connectivity index (χ2n) is 4.42. The summed E-state index contributed by atoms with van der Waals surface area (Å²) in [6.45, 7) is 2.10. The molecule has 1 aliphatic heterocycles. The van der Waals surface area contributed by atoms with Gasteiger partial charge in [0.05, 0.1) is 0 Å². The van der Waals surface area contributed by atoms with Crippen molar-refractivity contribution in [1.82, 2.24) is 10.9 Å². The average Bonchev–Trinajstić information content (AvgIpc) is 3.00. The van der Waals surface area contributed by atoms with E-state index in [0.29, 0.717) is 0 Å². The molecule has 0 fully saturated rings. The number of amidine groups is 1. The summed E-state index contributed by atoms with van der Waals surface area (Å²) in [5.74, 6) is 0.977. The van der Waals surface area contributed by atoms with Crippen LogP contribution in [0.15, 0.2) is 46.3 Å². The van der Waals surface area contributed by atoms with E-state index in [0.717, 1.165) is 18.7 Å². The summed E-state index contributed by atoms with van der Waals surface area (Å²) in [7, 11) is 0. The third-order valence-electron chi connectivity index (χ3n) is 3.08. The molecule has 0 bridgehead atoms. The fraction of sp³-hybridized carbons (Fsp3) is 0.308. The molecule has 1 aromatic heterocycles. The Morgan fingerprint density at radius 1 is 1.47 bits per heavy atom. The van der Waals surface area contributed by atoms with Crippen molar-refractivity contribution in [1.29, 1.82) is 0 Å². The minimum absolute atomic E-state index is 0.328. The van der Waals surface area contributed by atoms with E-state index in [-0.39, 0.29) is 5.66 Å². The number of rotatable bonds is 2. The van der Waals surface area contributed by atoms with Crippen LogP contribution in [0.1, 0.15) is 24.6 Å². The number of nitrogens with one attached hydrogen (secondary N) is 2. The van der Waals surface area contributed by atoms with Crippen molar-refractivity contribution >= 4 is 17.2 Å². The summed E-state index contributed by atoms with van der Waals surface area (Å²) >= 11 is 1.72. The van der Waals surface area contributed by atoms with Crippen molar-refractivity contribution in [2.45, 2.75) is 25.4 Å². The predicted molar refractivity (Wildman–Crippen MR) is 71.8 cm³/mol. The lowest BCUT2D eigenvalue weighted by molar-refractivity contribution is 0.406. The molecule has 0 spiro atoms. The van der Waals surface area contributed by atoms with E-state index in [1.54, 1.807) is 11.3 Å². The molecule has 88 valence electrons. The van der Waals surface area contributed by atoms with Gasteiger partial charge in [-0.3, -0.25) is 0 Å². The molecule has 4 heteroatoms. The topological polar surface area (TPSA) is 36.4 Å². The first-order valence-electron chi connectivity index (χ1n) is 5.81. The Balaban J connectivity index is 1.90. The van der Waals surface area contributed by atoms with Gasteiger partial charge in [-0.2, -0.15) is 0 Å². The van der Waals surface area contributed by atoms with Crippen LogP contribution in [0.3, 0.4) is 0 Å².